The first kappa shape index (κ1) is 18.4. The summed E-state index contributed by atoms with van der Waals surface area (Å²) in [6.45, 7) is 0. The summed E-state index contributed by atoms with van der Waals surface area (Å²) in [5.41, 5.74) is 3.00. The summed E-state index contributed by atoms with van der Waals surface area (Å²) in [7, 11) is 4.39. The molecule has 7 nitrogen and oxygen atoms in total. The van der Waals surface area contributed by atoms with Crippen molar-refractivity contribution in [2.24, 2.45) is 5.10 Å². The summed E-state index contributed by atoms with van der Waals surface area (Å²) in [6.07, 6.45) is 1.29. The second-order valence-corrected chi connectivity index (χ2v) is 5.25. The smallest absolute Gasteiger partial charge is 0.271 e. The number of carbonyl (C=O) groups excluding carboxylic acids is 1. The van der Waals surface area contributed by atoms with E-state index in [1.165, 1.54) is 51.8 Å². The second-order valence-electron chi connectivity index (χ2n) is 4.82. The molecule has 0 heterocycles. The minimum atomic E-state index is -0.489. The Kier molecular flexibility index (Phi) is 6.08. The number of halogens is 1. The molecule has 8 heteroatoms. The van der Waals surface area contributed by atoms with Crippen LogP contribution in [0.5, 0.6) is 23.0 Å². The number of rotatable bonds is 6. The molecule has 25 heavy (non-hydrogen) atoms. The van der Waals surface area contributed by atoms with Crippen LogP contribution in [-0.4, -0.2) is 38.6 Å². The number of nitrogens with one attached hydrogen (secondary N) is 1. The number of hydrogen-bond donors (Lipinski definition) is 2. The zero-order chi connectivity index (χ0) is 18.4. The van der Waals surface area contributed by atoms with Crippen LogP contribution in [0.15, 0.2) is 35.4 Å². The molecule has 0 aromatic heterocycles. The molecule has 2 rings (SSSR count). The van der Waals surface area contributed by atoms with E-state index in [2.05, 4.69) is 10.5 Å². The summed E-state index contributed by atoms with van der Waals surface area (Å²) in [6, 6.07) is 7.51. The van der Waals surface area contributed by atoms with Crippen LogP contribution in [0.4, 0.5) is 0 Å². The van der Waals surface area contributed by atoms with Crippen molar-refractivity contribution >= 4 is 23.7 Å². The zero-order valence-corrected chi connectivity index (χ0v) is 14.6. The van der Waals surface area contributed by atoms with Crippen LogP contribution >= 0.6 is 11.6 Å². The van der Waals surface area contributed by atoms with Gasteiger partial charge in [0, 0.05) is 16.1 Å². The maximum absolute atomic E-state index is 12.3. The number of phenolic OH excluding ortho intramolecular Hbond substituents is 1. The highest BCUT2D eigenvalue weighted by molar-refractivity contribution is 6.30. The average Bonchev–Trinajstić information content (AvgIpc) is 2.62. The number of nitrogens with zero attached hydrogens (tertiary/aromatic N) is 1. The SMILES string of the molecule is COc1cc(C(=O)NN=Cc2cc(Cl)ccc2O)cc(OC)c1OC. The Morgan fingerprint density at radius 1 is 1.12 bits per heavy atom. The van der Waals surface area contributed by atoms with E-state index >= 15 is 0 Å². The van der Waals surface area contributed by atoms with Gasteiger partial charge in [0.1, 0.15) is 5.75 Å². The number of phenols is 1. The summed E-state index contributed by atoms with van der Waals surface area (Å²) in [5, 5.41) is 14.0. The zero-order valence-electron chi connectivity index (χ0n) is 13.9. The lowest BCUT2D eigenvalue weighted by Gasteiger charge is -2.13. The highest BCUT2D eigenvalue weighted by Gasteiger charge is 2.16. The molecule has 2 aromatic rings. The van der Waals surface area contributed by atoms with Crippen molar-refractivity contribution in [3.8, 4) is 23.0 Å². The van der Waals surface area contributed by atoms with E-state index in [9.17, 15) is 9.90 Å². The molecular weight excluding hydrogens is 348 g/mol. The van der Waals surface area contributed by atoms with Crippen molar-refractivity contribution in [3.63, 3.8) is 0 Å². The van der Waals surface area contributed by atoms with Gasteiger partial charge < -0.3 is 19.3 Å². The van der Waals surface area contributed by atoms with E-state index < -0.39 is 5.91 Å². The van der Waals surface area contributed by atoms with Gasteiger partial charge in [0.05, 0.1) is 27.5 Å². The Morgan fingerprint density at radius 2 is 1.76 bits per heavy atom. The fourth-order valence-electron chi connectivity index (χ4n) is 2.07. The van der Waals surface area contributed by atoms with Gasteiger partial charge in [-0.05, 0) is 30.3 Å². The first-order valence-corrected chi connectivity index (χ1v) is 7.50. The molecule has 2 N–H and O–H groups in total. The largest absolute Gasteiger partial charge is 0.507 e. The first-order valence-electron chi connectivity index (χ1n) is 7.12. The van der Waals surface area contributed by atoms with Gasteiger partial charge >= 0.3 is 0 Å². The summed E-state index contributed by atoms with van der Waals surface area (Å²) in [4.78, 5) is 12.3. The predicted molar refractivity (Wildman–Crippen MR) is 94.3 cm³/mol. The average molecular weight is 365 g/mol. The predicted octanol–water partition coefficient (Wildman–Crippen LogP) is 2.84. The van der Waals surface area contributed by atoms with Crippen LogP contribution in [0.25, 0.3) is 0 Å². The molecule has 2 aromatic carbocycles. The topological polar surface area (TPSA) is 89.4 Å². The molecule has 0 aliphatic rings. The summed E-state index contributed by atoms with van der Waals surface area (Å²) in [5.74, 6) is 0.591. The van der Waals surface area contributed by atoms with Crippen molar-refractivity contribution in [1.82, 2.24) is 5.43 Å². The minimum Gasteiger partial charge on any atom is -0.507 e. The molecule has 132 valence electrons. The number of hydrogen-bond acceptors (Lipinski definition) is 6. The van der Waals surface area contributed by atoms with Crippen LogP contribution in [-0.2, 0) is 0 Å². The van der Waals surface area contributed by atoms with Crippen LogP contribution in [0.1, 0.15) is 15.9 Å². The van der Waals surface area contributed by atoms with Crippen molar-refractivity contribution in [2.45, 2.75) is 0 Å². The van der Waals surface area contributed by atoms with Crippen molar-refractivity contribution < 1.29 is 24.1 Å². The van der Waals surface area contributed by atoms with E-state index in [1.54, 1.807) is 6.07 Å². The third kappa shape index (κ3) is 4.33. The Balaban J connectivity index is 2.20. The first-order chi connectivity index (χ1) is 12.0. The molecule has 0 unspecified atom stereocenters. The maximum Gasteiger partial charge on any atom is 0.271 e. The van der Waals surface area contributed by atoms with E-state index in [-0.39, 0.29) is 11.3 Å². The van der Waals surface area contributed by atoms with Crippen LogP contribution in [0.2, 0.25) is 5.02 Å². The number of methoxy groups -OCH3 is 3. The normalized spacial score (nSPS) is 10.6. The monoisotopic (exact) mass is 364 g/mol. The lowest BCUT2D eigenvalue weighted by molar-refractivity contribution is 0.0954. The van der Waals surface area contributed by atoms with Gasteiger partial charge in [0.25, 0.3) is 5.91 Å². The standard InChI is InChI=1S/C17H17ClN2O5/c1-23-14-7-10(8-15(24-2)16(14)25-3)17(22)20-19-9-11-6-12(18)4-5-13(11)21/h4-9,21H,1-3H3,(H,20,22). The molecule has 0 radical (unpaired) electrons. The second kappa shape index (κ2) is 8.25. The number of aromatic hydroxyl groups is 1. The lowest BCUT2D eigenvalue weighted by atomic mass is 10.1. The van der Waals surface area contributed by atoms with E-state index in [0.717, 1.165) is 0 Å². The number of carbonyl (C=O) groups is 1. The fourth-order valence-corrected chi connectivity index (χ4v) is 2.25. The van der Waals surface area contributed by atoms with Crippen molar-refractivity contribution in [1.29, 1.82) is 0 Å². The van der Waals surface area contributed by atoms with Gasteiger partial charge in [-0.15, -0.1) is 0 Å². The number of amides is 1. The molecular formula is C17H17ClN2O5. The minimum absolute atomic E-state index is 0.00446. The fraction of sp³-hybridized carbons (Fsp3) is 0.176. The van der Waals surface area contributed by atoms with E-state index in [1.807, 2.05) is 0 Å². The Hall–Kier alpha value is -2.93. The lowest BCUT2D eigenvalue weighted by Crippen LogP contribution is -2.18. The molecule has 0 saturated carbocycles. The molecule has 1 amide bonds. The van der Waals surface area contributed by atoms with Crippen molar-refractivity contribution in [3.05, 3.63) is 46.5 Å². The molecule has 0 aliphatic carbocycles. The van der Waals surface area contributed by atoms with Crippen LogP contribution in [0.3, 0.4) is 0 Å². The van der Waals surface area contributed by atoms with Gasteiger partial charge in [0.2, 0.25) is 5.75 Å². The third-order valence-corrected chi connectivity index (χ3v) is 3.52. The Bertz CT molecular complexity index is 783. The molecule has 0 saturated heterocycles. The number of hydrazone groups is 1. The maximum atomic E-state index is 12.3. The molecule has 0 fully saturated rings. The molecule has 0 spiro atoms. The third-order valence-electron chi connectivity index (χ3n) is 3.29. The highest BCUT2D eigenvalue weighted by atomic mass is 35.5. The quantitative estimate of drug-likeness (QED) is 0.607. The van der Waals surface area contributed by atoms with Gasteiger partial charge in [-0.2, -0.15) is 5.10 Å². The van der Waals surface area contributed by atoms with Crippen molar-refractivity contribution in [2.75, 3.05) is 21.3 Å². The van der Waals surface area contributed by atoms with Gasteiger partial charge in [0.15, 0.2) is 11.5 Å². The van der Waals surface area contributed by atoms with Gasteiger partial charge in [-0.1, -0.05) is 11.6 Å². The number of benzene rings is 2. The highest BCUT2D eigenvalue weighted by Crippen LogP contribution is 2.38. The molecule has 0 atom stereocenters. The van der Waals surface area contributed by atoms with E-state index in [0.29, 0.717) is 27.8 Å². The summed E-state index contributed by atoms with van der Waals surface area (Å²) >= 11 is 5.85. The Morgan fingerprint density at radius 3 is 2.32 bits per heavy atom. The van der Waals surface area contributed by atoms with Gasteiger partial charge in [-0.3, -0.25) is 4.79 Å². The van der Waals surface area contributed by atoms with Gasteiger partial charge in [-0.25, -0.2) is 5.43 Å². The number of ether oxygens (including phenoxy) is 3. The van der Waals surface area contributed by atoms with Crippen LogP contribution in [0, 0.1) is 0 Å². The molecule has 0 aliphatic heterocycles. The summed E-state index contributed by atoms with van der Waals surface area (Å²) < 4.78 is 15.6. The van der Waals surface area contributed by atoms with Crippen LogP contribution < -0.4 is 19.6 Å². The van der Waals surface area contributed by atoms with E-state index in [4.69, 9.17) is 25.8 Å². The molecule has 0 bridgehead atoms. The Labute approximate surface area is 149 Å².